The fraction of sp³-hybridized carbons (Fsp3) is 0.655. The quantitative estimate of drug-likeness (QED) is 0.0618. The van der Waals surface area contributed by atoms with Crippen LogP contribution in [0.15, 0.2) is 48.5 Å². The Morgan fingerprint density at radius 2 is 1.51 bits per heavy atom. The average molecular weight is 1120 g/mol. The third-order valence-electron chi connectivity index (χ3n) is 14.9. The van der Waals surface area contributed by atoms with Gasteiger partial charge in [-0.15, -0.1) is 0 Å². The number of carbonyl (C=O) groups is 7. The van der Waals surface area contributed by atoms with Crippen molar-refractivity contribution in [2.75, 3.05) is 46.7 Å². The zero-order chi connectivity index (χ0) is 59.2. The second kappa shape index (κ2) is 30.0. The number of likely N-dealkylation sites (N-methyl/N-ethyl adjacent to an activating group) is 2. The number of aliphatic hydroxyl groups is 4. The minimum absolute atomic E-state index is 0.0497. The first kappa shape index (κ1) is 65.5. The van der Waals surface area contributed by atoms with Gasteiger partial charge in [0.2, 0.25) is 35.8 Å². The van der Waals surface area contributed by atoms with Crippen LogP contribution in [0.5, 0.6) is 11.5 Å². The molecule has 4 rings (SSSR count). The van der Waals surface area contributed by atoms with Gasteiger partial charge in [-0.2, -0.15) is 0 Å². The third kappa shape index (κ3) is 16.6. The summed E-state index contributed by atoms with van der Waals surface area (Å²) in [5.41, 5.74) is 6.08. The van der Waals surface area contributed by atoms with Gasteiger partial charge in [-0.3, -0.25) is 28.9 Å². The number of carboxylic acid groups (broad SMARTS) is 1. The van der Waals surface area contributed by atoms with Crippen molar-refractivity contribution in [2.45, 2.75) is 167 Å². The zero-order valence-corrected chi connectivity index (χ0v) is 47.4. The van der Waals surface area contributed by atoms with Crippen molar-refractivity contribution in [3.8, 4) is 11.5 Å². The molecule has 0 aliphatic carbocycles. The first-order chi connectivity index (χ1) is 37.2. The molecule has 24 heteroatoms. The number of aliphatic hydroxyl groups excluding tert-OH is 4. The molecule has 79 heavy (non-hydrogen) atoms. The van der Waals surface area contributed by atoms with Crippen molar-refractivity contribution in [3.05, 3.63) is 54.1 Å². The summed E-state index contributed by atoms with van der Waals surface area (Å²) in [4.78, 5) is 99.8. The van der Waals surface area contributed by atoms with E-state index in [0.717, 1.165) is 4.90 Å². The van der Waals surface area contributed by atoms with E-state index in [1.165, 1.54) is 44.4 Å². The maximum atomic E-state index is 14.8. The summed E-state index contributed by atoms with van der Waals surface area (Å²) in [5, 5.41) is 59.8. The first-order valence-corrected chi connectivity index (χ1v) is 26.9. The lowest BCUT2D eigenvalue weighted by molar-refractivity contribution is -0.271. The predicted octanol–water partition coefficient (Wildman–Crippen LogP) is 2.00. The van der Waals surface area contributed by atoms with Gasteiger partial charge in [0.1, 0.15) is 41.9 Å². The number of hydrogen-bond acceptors (Lipinski definition) is 17. The molecule has 2 heterocycles. The van der Waals surface area contributed by atoms with Gasteiger partial charge in [0.15, 0.2) is 6.10 Å². The molecule has 2 aromatic rings. The summed E-state index contributed by atoms with van der Waals surface area (Å²) < 4.78 is 28.6. The van der Waals surface area contributed by atoms with Crippen molar-refractivity contribution >= 4 is 47.3 Å². The molecule has 2 fully saturated rings. The summed E-state index contributed by atoms with van der Waals surface area (Å²) in [5.74, 6) is -6.29. The summed E-state index contributed by atoms with van der Waals surface area (Å²) in [6.07, 6.45) is -11.6. The van der Waals surface area contributed by atoms with E-state index in [1.54, 1.807) is 65.6 Å². The van der Waals surface area contributed by atoms with E-state index < -0.39 is 127 Å². The van der Waals surface area contributed by atoms with Crippen molar-refractivity contribution in [1.29, 1.82) is 0 Å². The largest absolute Gasteiger partial charge is 0.479 e. The van der Waals surface area contributed by atoms with E-state index in [1.807, 2.05) is 32.0 Å². The maximum absolute atomic E-state index is 14.8. The molecule has 0 spiro atoms. The number of amides is 6. The number of ether oxygens (including phenoxy) is 5. The molecule has 0 saturated carbocycles. The fourth-order valence-electron chi connectivity index (χ4n) is 10.3. The fourth-order valence-corrected chi connectivity index (χ4v) is 10.3. The molecule has 24 nitrogen and oxygen atoms in total. The Morgan fingerprint density at radius 3 is 2.08 bits per heavy atom. The van der Waals surface area contributed by atoms with Crippen LogP contribution in [0.2, 0.25) is 0 Å². The summed E-state index contributed by atoms with van der Waals surface area (Å²) in [7, 11) is 5.91. The molecule has 2 aliphatic rings. The van der Waals surface area contributed by atoms with Crippen LogP contribution < -0.4 is 31.2 Å². The molecule has 0 bridgehead atoms. The van der Waals surface area contributed by atoms with Crippen LogP contribution in [0.25, 0.3) is 0 Å². The van der Waals surface area contributed by atoms with Crippen LogP contribution in [0.4, 0.5) is 10.5 Å². The second-order valence-corrected chi connectivity index (χ2v) is 21.2. The van der Waals surface area contributed by atoms with Crippen LogP contribution >= 0.6 is 0 Å². The molecule has 442 valence electrons. The minimum atomic E-state index is -1.99. The number of benzene rings is 2. The van der Waals surface area contributed by atoms with Crippen molar-refractivity contribution in [3.63, 3.8) is 0 Å². The Balaban J connectivity index is 1.50. The topological polar surface area (TPSA) is 339 Å². The van der Waals surface area contributed by atoms with Gasteiger partial charge in [0.05, 0.1) is 54.5 Å². The van der Waals surface area contributed by atoms with Gasteiger partial charge in [-0.25, -0.2) is 9.59 Å². The van der Waals surface area contributed by atoms with E-state index in [2.05, 4.69) is 16.0 Å². The van der Waals surface area contributed by atoms with Gasteiger partial charge in [0, 0.05) is 53.9 Å². The van der Waals surface area contributed by atoms with Crippen molar-refractivity contribution < 1.29 is 82.8 Å². The molecular weight excluding hydrogens is 1030 g/mol. The molecule has 0 radical (unpaired) electrons. The molecule has 15 atom stereocenters. The Kier molecular flexibility index (Phi) is 24.9. The predicted molar refractivity (Wildman–Crippen MR) is 288 cm³/mol. The number of nitrogens with one attached hydrogen (secondary N) is 3. The van der Waals surface area contributed by atoms with Crippen LogP contribution in [-0.2, 0) is 43.0 Å². The Morgan fingerprint density at radius 1 is 0.848 bits per heavy atom. The van der Waals surface area contributed by atoms with E-state index in [9.17, 15) is 59.1 Å². The number of nitrogens with zero attached hydrogens (tertiary/aromatic N) is 3. The number of likely N-dealkylation sites (tertiary alicyclic amines) is 1. The second-order valence-electron chi connectivity index (χ2n) is 21.2. The van der Waals surface area contributed by atoms with Crippen LogP contribution in [-0.4, -0.2) is 196 Å². The molecule has 0 aromatic heterocycles. The summed E-state index contributed by atoms with van der Waals surface area (Å²) in [6.45, 7) is 14.6. The molecule has 2 saturated heterocycles. The van der Waals surface area contributed by atoms with E-state index >= 15 is 0 Å². The van der Waals surface area contributed by atoms with Gasteiger partial charge in [-0.05, 0) is 55.2 Å². The highest BCUT2D eigenvalue weighted by Crippen LogP contribution is 2.35. The standard InChI is InChI=1S/C55H85N7O17/c1-13-30(6)43(38(75-11)27-40(64)62-25-17-20-36(62)48(76-12)31(7)50(69)57-32(8)44(65)33-18-15-14-16-19-33)60(9)52(71)41(28(2)3)59-51(70)42(29(4)5)61(10)55(74)77-34-21-22-37(35(26-34)58-39(63)23-24-56)78-54-47(68)45(66)46(67)49(79-54)53(72)73/h14-16,18-19,21-22,26,28-32,36,38,41-49,54,65-68H,13,17,20,23-25,27,56H2,1-12H3,(H,57,69)(H,58,63)(H,59,70)(H,72,73)/t30-,31+,32+,36-,38+,41-,42-,43-,44+,45-,46-,47+,48+,49-,54+/m0/s1. The van der Waals surface area contributed by atoms with Gasteiger partial charge < -0.3 is 80.7 Å². The number of anilines is 1. The molecule has 2 aliphatic heterocycles. The third-order valence-corrected chi connectivity index (χ3v) is 14.9. The van der Waals surface area contributed by atoms with Gasteiger partial charge in [-0.1, -0.05) is 85.2 Å². The first-order valence-electron chi connectivity index (χ1n) is 26.9. The number of methoxy groups -OCH3 is 2. The lowest BCUT2D eigenvalue weighted by Gasteiger charge is -2.41. The number of rotatable bonds is 27. The van der Waals surface area contributed by atoms with E-state index in [-0.39, 0.29) is 54.3 Å². The lowest BCUT2D eigenvalue weighted by atomic mass is 9.89. The molecule has 10 N–H and O–H groups in total. The van der Waals surface area contributed by atoms with Crippen LogP contribution in [0.1, 0.15) is 99.2 Å². The van der Waals surface area contributed by atoms with Crippen LogP contribution in [0, 0.1) is 23.7 Å². The Labute approximate surface area is 462 Å². The highest BCUT2D eigenvalue weighted by atomic mass is 16.7. The monoisotopic (exact) mass is 1120 g/mol. The Bertz CT molecular complexity index is 2360. The van der Waals surface area contributed by atoms with Gasteiger partial charge >= 0.3 is 12.1 Å². The number of nitrogens with two attached hydrogens (primary N) is 1. The molecular formula is C55H85N7O17. The summed E-state index contributed by atoms with van der Waals surface area (Å²) >= 11 is 0. The number of hydrogen-bond donors (Lipinski definition) is 9. The smallest absolute Gasteiger partial charge is 0.415 e. The van der Waals surface area contributed by atoms with E-state index in [4.69, 9.17) is 29.4 Å². The van der Waals surface area contributed by atoms with Gasteiger partial charge in [0.25, 0.3) is 0 Å². The molecule has 0 unspecified atom stereocenters. The van der Waals surface area contributed by atoms with Crippen LogP contribution in [0.3, 0.4) is 0 Å². The molecule has 2 aromatic carbocycles. The normalized spacial score (nSPS) is 22.7. The SMILES string of the molecule is CC[C@H](C)[C@@H]([C@@H](CC(=O)N1CCC[C@H]1[C@H](OC)[C@@H](C)C(=O)N[C@H](C)[C@@H](O)c1ccccc1)OC)N(C)C(=O)[C@@H](NC(=O)[C@H](C(C)C)N(C)C(=O)Oc1ccc(O[C@@H]2O[C@H](C(=O)O)[C@@H](O)[C@H](O)[C@H]2O)c(NC(=O)CCN)c1)C(C)C. The lowest BCUT2D eigenvalue weighted by Crippen LogP contribution is -2.61. The summed E-state index contributed by atoms with van der Waals surface area (Å²) in [6, 6.07) is 8.59. The van der Waals surface area contributed by atoms with Crippen molar-refractivity contribution in [1.82, 2.24) is 25.3 Å². The Hall–Kier alpha value is -5.99. The zero-order valence-electron chi connectivity index (χ0n) is 47.4. The minimum Gasteiger partial charge on any atom is -0.479 e. The molecule has 6 amide bonds. The number of carbonyl (C=O) groups excluding carboxylic acids is 6. The maximum Gasteiger partial charge on any atom is 0.415 e. The highest BCUT2D eigenvalue weighted by molar-refractivity contribution is 5.94. The van der Waals surface area contributed by atoms with E-state index in [0.29, 0.717) is 31.4 Å². The highest BCUT2D eigenvalue weighted by Gasteiger charge is 2.49. The number of aliphatic carboxylic acids is 1. The average Bonchev–Trinajstić information content (AvgIpc) is 3.92. The number of carboxylic acids is 1. The van der Waals surface area contributed by atoms with Crippen molar-refractivity contribution in [2.24, 2.45) is 29.4 Å².